The molecule has 0 aliphatic rings. The van der Waals surface area contributed by atoms with Crippen molar-refractivity contribution in [1.29, 1.82) is 0 Å². The van der Waals surface area contributed by atoms with Crippen molar-refractivity contribution in [2.75, 3.05) is 13.2 Å². The van der Waals surface area contributed by atoms with Crippen molar-refractivity contribution >= 4 is 6.29 Å². The molecule has 0 fully saturated rings. The molecule has 0 radical (unpaired) electrons. The number of aldehydes is 1. The van der Waals surface area contributed by atoms with Crippen LogP contribution >= 0.6 is 0 Å². The molecule has 4 heteroatoms. The van der Waals surface area contributed by atoms with Gasteiger partial charge in [-0.25, -0.2) is 0 Å². The predicted octanol–water partition coefficient (Wildman–Crippen LogP) is -5.55. The van der Waals surface area contributed by atoms with Crippen molar-refractivity contribution in [1.82, 2.24) is 0 Å². The Labute approximate surface area is 86.8 Å². The van der Waals surface area contributed by atoms with Gasteiger partial charge in [-0.1, -0.05) is 0 Å². The molecule has 8 heavy (non-hydrogen) atoms. The maximum Gasteiger partial charge on any atom is 1.00 e. The molecule has 0 spiro atoms. The van der Waals surface area contributed by atoms with Crippen LogP contribution in [0.25, 0.3) is 0 Å². The van der Waals surface area contributed by atoms with Crippen LogP contribution in [0.1, 0.15) is 9.78 Å². The minimum atomic E-state index is 0. The van der Waals surface area contributed by atoms with E-state index in [1.807, 2.05) is 6.92 Å². The fourth-order valence-corrected chi connectivity index (χ4v) is 0.166. The number of hydrogen-bond acceptors (Lipinski definition) is 2. The van der Waals surface area contributed by atoms with E-state index >= 15 is 0 Å². The third-order valence-corrected chi connectivity index (χ3v) is 0.390. The maximum atomic E-state index is 9.44. The summed E-state index contributed by atoms with van der Waals surface area (Å²) in [6.07, 6.45) is 0.740. The minimum absolute atomic E-state index is 0. The normalized spacial score (nSPS) is 6.12. The van der Waals surface area contributed by atoms with Crippen LogP contribution in [0.5, 0.6) is 0 Å². The second kappa shape index (κ2) is 15.7. The summed E-state index contributed by atoms with van der Waals surface area (Å²) in [4.78, 5) is 9.44. The zero-order valence-electron chi connectivity index (χ0n) is 7.81. The van der Waals surface area contributed by atoms with Gasteiger partial charge in [0.2, 0.25) is 0 Å². The first-order chi connectivity index (χ1) is 2.91. The van der Waals surface area contributed by atoms with Crippen LogP contribution in [0.4, 0.5) is 0 Å². The molecule has 0 bridgehead atoms. The molecule has 0 heterocycles. The monoisotopic (exact) mass is 120 g/mol. The van der Waals surface area contributed by atoms with Gasteiger partial charge < -0.3 is 12.4 Å². The van der Waals surface area contributed by atoms with E-state index in [1.54, 1.807) is 0 Å². The Morgan fingerprint density at radius 3 is 2.38 bits per heavy atom. The first-order valence-electron chi connectivity index (χ1n) is 1.93. The smallest absolute Gasteiger partial charge is 1.00 e. The zero-order chi connectivity index (χ0) is 4.83. The largest absolute Gasteiger partial charge is 1.00 e. The molecular weight excluding hydrogens is 110 g/mol. The molecule has 0 unspecified atom stereocenters. The summed E-state index contributed by atoms with van der Waals surface area (Å²) in [6, 6.07) is 0. The van der Waals surface area contributed by atoms with Gasteiger partial charge in [-0.3, -0.25) is 0 Å². The quantitative estimate of drug-likeness (QED) is 0.211. The Bertz CT molecular complexity index is 50.2. The van der Waals surface area contributed by atoms with Crippen LogP contribution in [0.3, 0.4) is 0 Å². The molecule has 0 aromatic rings. The molecule has 0 saturated heterocycles. The van der Waals surface area contributed by atoms with Gasteiger partial charge in [-0.2, -0.15) is 0 Å². The van der Waals surface area contributed by atoms with Crippen molar-refractivity contribution in [3.05, 3.63) is 0 Å². The number of carbonyl (C=O) groups excluding carboxylic acids is 1. The molecule has 2 nitrogen and oxygen atoms in total. The number of ether oxygens (including phenoxy) is 1. The molecule has 0 aromatic heterocycles. The van der Waals surface area contributed by atoms with Gasteiger partial charge in [-0.15, -0.1) is 0 Å². The Balaban J connectivity index is -0.0000000208. The van der Waals surface area contributed by atoms with E-state index in [0.717, 1.165) is 6.29 Å². The van der Waals surface area contributed by atoms with Crippen molar-refractivity contribution in [3.8, 4) is 0 Å². The fourth-order valence-electron chi connectivity index (χ4n) is 0.166. The van der Waals surface area contributed by atoms with Crippen LogP contribution in [0.15, 0.2) is 0 Å². The summed E-state index contributed by atoms with van der Waals surface area (Å²) in [5.41, 5.74) is 0. The third-order valence-electron chi connectivity index (χ3n) is 0.390. The Kier molecular flexibility index (Phi) is 31.7. The van der Waals surface area contributed by atoms with Crippen molar-refractivity contribution in [3.63, 3.8) is 0 Å². The number of hydrogen-bond donors (Lipinski definition) is 0. The van der Waals surface area contributed by atoms with Gasteiger partial charge in [-0.05, 0) is 6.92 Å². The molecule has 0 aliphatic heterocycles. The van der Waals surface area contributed by atoms with Crippen LogP contribution in [-0.2, 0) is 9.53 Å². The van der Waals surface area contributed by atoms with E-state index in [9.17, 15) is 4.79 Å². The Hall–Kier alpha value is 1.23. The molecule has 40 valence electrons. The van der Waals surface area contributed by atoms with E-state index in [0.29, 0.717) is 6.61 Å². The molecule has 0 atom stereocenters. The topological polar surface area (TPSA) is 26.3 Å². The second-order valence-corrected chi connectivity index (χ2v) is 0.826. The van der Waals surface area contributed by atoms with Crippen molar-refractivity contribution in [2.45, 2.75) is 6.92 Å². The summed E-state index contributed by atoms with van der Waals surface area (Å²) in [7, 11) is 0. The maximum absolute atomic E-state index is 9.44. The van der Waals surface area contributed by atoms with Crippen LogP contribution < -0.4 is 48.4 Å². The van der Waals surface area contributed by atoms with Crippen LogP contribution in [-0.4, -0.2) is 19.5 Å². The summed E-state index contributed by atoms with van der Waals surface area (Å²) >= 11 is 0. The van der Waals surface area contributed by atoms with Gasteiger partial charge in [0.1, 0.15) is 12.9 Å². The second-order valence-electron chi connectivity index (χ2n) is 0.826. The summed E-state index contributed by atoms with van der Waals surface area (Å²) in [6.45, 7) is 2.71. The average molecular weight is 120 g/mol. The van der Waals surface area contributed by atoms with E-state index in [2.05, 4.69) is 4.74 Å². The fraction of sp³-hybridized carbons (Fsp3) is 0.750. The van der Waals surface area contributed by atoms with E-state index in [-0.39, 0.29) is 57.9 Å². The molecular formula is C4H10LiNaO2. The number of carbonyl (C=O) groups is 1. The molecule has 0 amide bonds. The van der Waals surface area contributed by atoms with Crippen molar-refractivity contribution in [2.24, 2.45) is 0 Å². The van der Waals surface area contributed by atoms with Gasteiger partial charge in [0.15, 0.2) is 0 Å². The molecule has 0 N–H and O–H groups in total. The molecule has 0 saturated carbocycles. The predicted molar refractivity (Wildman–Crippen MR) is 24.8 cm³/mol. The third kappa shape index (κ3) is 15.7. The molecule has 0 aliphatic carbocycles. The molecule has 0 rings (SSSR count). The first kappa shape index (κ1) is 16.1. The Morgan fingerprint density at radius 2 is 2.25 bits per heavy atom. The standard InChI is InChI=1S/C4H8O2.Li.Na.2H/c1-2-6-4-3-5;;;;/h3H,2,4H2,1H3;;;;/q;2*+1;2*-1. The summed E-state index contributed by atoms with van der Waals surface area (Å²) < 4.78 is 4.61. The van der Waals surface area contributed by atoms with Crippen molar-refractivity contribution < 1.29 is 60.8 Å². The SMILES string of the molecule is CCOCC=O.[H-].[H-].[Li+].[Na+]. The van der Waals surface area contributed by atoms with Gasteiger partial charge in [0.25, 0.3) is 0 Å². The van der Waals surface area contributed by atoms with E-state index < -0.39 is 0 Å². The van der Waals surface area contributed by atoms with E-state index in [4.69, 9.17) is 0 Å². The van der Waals surface area contributed by atoms with Crippen LogP contribution in [0.2, 0.25) is 0 Å². The summed E-state index contributed by atoms with van der Waals surface area (Å²) in [5.74, 6) is 0. The van der Waals surface area contributed by atoms with Gasteiger partial charge >= 0.3 is 48.4 Å². The van der Waals surface area contributed by atoms with Crippen LogP contribution in [0, 0.1) is 0 Å². The number of rotatable bonds is 3. The van der Waals surface area contributed by atoms with Gasteiger partial charge in [0.05, 0.1) is 0 Å². The summed E-state index contributed by atoms with van der Waals surface area (Å²) in [5, 5.41) is 0. The molecule has 0 aromatic carbocycles. The minimum Gasteiger partial charge on any atom is -1.00 e. The van der Waals surface area contributed by atoms with E-state index in [1.165, 1.54) is 0 Å². The first-order valence-corrected chi connectivity index (χ1v) is 1.93. The van der Waals surface area contributed by atoms with Gasteiger partial charge in [0, 0.05) is 6.61 Å². The Morgan fingerprint density at radius 1 is 1.75 bits per heavy atom. The zero-order valence-corrected chi connectivity index (χ0v) is 7.81. The average Bonchev–Trinajstić information content (AvgIpc) is 1.61.